The minimum Gasteiger partial charge on any atom is -0.309 e. The summed E-state index contributed by atoms with van der Waals surface area (Å²) < 4.78 is 0. The molecule has 0 atom stereocenters. The Balaban J connectivity index is 0.000000201. The van der Waals surface area contributed by atoms with Crippen LogP contribution >= 0.6 is 0 Å². The number of benzene rings is 4. The molecule has 5 heteroatoms. The maximum Gasteiger partial charge on any atom is 0.0644 e. The average molecular weight is 740 g/mol. The average Bonchev–Trinajstić information content (AvgIpc) is 3.77. The monoisotopic (exact) mass is 739 g/mol. The first-order valence-electron chi connectivity index (χ1n) is 19.1. The van der Waals surface area contributed by atoms with Gasteiger partial charge in [0.1, 0.15) is 0 Å². The largest absolute Gasteiger partial charge is 0.309 e. The van der Waals surface area contributed by atoms with Gasteiger partial charge in [0.25, 0.3) is 0 Å². The van der Waals surface area contributed by atoms with Crippen LogP contribution in [0.5, 0.6) is 0 Å². The smallest absolute Gasteiger partial charge is 0.0644 e. The highest BCUT2D eigenvalue weighted by Crippen LogP contribution is 2.38. The van der Waals surface area contributed by atoms with Gasteiger partial charge in [0.15, 0.2) is 0 Å². The zero-order chi connectivity index (χ0) is 39.2. The van der Waals surface area contributed by atoms with E-state index in [1.807, 2.05) is 68.2 Å². The molecule has 0 N–H and O–H groups in total. The second kappa shape index (κ2) is 18.9. The normalized spacial score (nSPS) is 11.6. The van der Waals surface area contributed by atoms with E-state index in [4.69, 9.17) is 0 Å². The molecule has 1 aliphatic rings. The Bertz CT molecular complexity index is 2530. The first kappa shape index (κ1) is 38.1. The third-order valence-electron chi connectivity index (χ3n) is 9.61. The molecule has 0 amide bonds. The maximum atomic E-state index is 4.39. The lowest BCUT2D eigenvalue weighted by molar-refractivity contribution is 1.23. The van der Waals surface area contributed by atoms with Crippen LogP contribution in [-0.2, 0) is 0 Å². The van der Waals surface area contributed by atoms with Crippen molar-refractivity contribution in [3.63, 3.8) is 0 Å². The Labute approximate surface area is 336 Å². The van der Waals surface area contributed by atoms with Crippen molar-refractivity contribution in [2.24, 2.45) is 0 Å². The number of hydrogen-bond donors (Lipinski definition) is 0. The highest BCUT2D eigenvalue weighted by Gasteiger charge is 2.16. The van der Waals surface area contributed by atoms with Gasteiger partial charge in [-0.2, -0.15) is 0 Å². The second-order valence-electron chi connectivity index (χ2n) is 14.0. The molecule has 0 bridgehead atoms. The number of nitrogens with zero attached hydrogens (tertiary/aromatic N) is 5. The maximum absolute atomic E-state index is 4.39. The van der Waals surface area contributed by atoms with Gasteiger partial charge in [-0.15, -0.1) is 0 Å². The Morgan fingerprint density at radius 3 is 1.35 bits per heavy atom. The van der Waals surface area contributed by atoms with Crippen molar-refractivity contribution < 1.29 is 0 Å². The molecule has 0 fully saturated rings. The van der Waals surface area contributed by atoms with E-state index in [0.717, 1.165) is 34.6 Å². The van der Waals surface area contributed by atoms with E-state index in [2.05, 4.69) is 166 Å². The number of rotatable bonds is 7. The van der Waals surface area contributed by atoms with Crippen molar-refractivity contribution in [3.8, 4) is 22.3 Å². The Morgan fingerprint density at radius 1 is 0.351 bits per heavy atom. The van der Waals surface area contributed by atoms with Gasteiger partial charge >= 0.3 is 0 Å². The van der Waals surface area contributed by atoms with Crippen molar-refractivity contribution in [1.82, 2.24) is 19.9 Å². The summed E-state index contributed by atoms with van der Waals surface area (Å²) in [5, 5.41) is 0. The first-order chi connectivity index (χ1) is 28.0. The molecule has 0 saturated heterocycles. The summed E-state index contributed by atoms with van der Waals surface area (Å²) in [7, 11) is 0. The zero-order valence-electron chi connectivity index (χ0n) is 32.6. The minimum atomic E-state index is 0.946. The van der Waals surface area contributed by atoms with Crippen molar-refractivity contribution in [2.45, 2.75) is 27.2 Å². The number of aryl methyl sites for hydroxylation is 3. The van der Waals surface area contributed by atoms with Crippen LogP contribution in [0.25, 0.3) is 33.4 Å². The topological polar surface area (TPSA) is 54.8 Å². The summed E-state index contributed by atoms with van der Waals surface area (Å²) in [6.45, 7) is 6.24. The van der Waals surface area contributed by atoms with Crippen LogP contribution in [0.1, 0.15) is 34.2 Å². The van der Waals surface area contributed by atoms with Crippen molar-refractivity contribution in [1.29, 1.82) is 0 Å². The lowest BCUT2D eigenvalue weighted by Crippen LogP contribution is -2.10. The second-order valence-corrected chi connectivity index (χ2v) is 14.0. The van der Waals surface area contributed by atoms with Gasteiger partial charge in [-0.25, -0.2) is 0 Å². The van der Waals surface area contributed by atoms with Gasteiger partial charge < -0.3 is 4.90 Å². The van der Waals surface area contributed by atoms with Gasteiger partial charge in [0.05, 0.1) is 11.9 Å². The van der Waals surface area contributed by atoms with E-state index in [1.54, 1.807) is 18.6 Å². The third kappa shape index (κ3) is 10.3. The van der Waals surface area contributed by atoms with E-state index >= 15 is 0 Å². The van der Waals surface area contributed by atoms with Gasteiger partial charge in [0, 0.05) is 60.3 Å². The minimum absolute atomic E-state index is 0.946. The van der Waals surface area contributed by atoms with Crippen molar-refractivity contribution in [2.75, 3.05) is 4.90 Å². The fourth-order valence-corrected chi connectivity index (χ4v) is 6.61. The molecule has 278 valence electrons. The third-order valence-corrected chi connectivity index (χ3v) is 9.61. The number of hydrogen-bond acceptors (Lipinski definition) is 5. The zero-order valence-corrected chi connectivity index (χ0v) is 32.6. The molecule has 9 rings (SSSR count). The van der Waals surface area contributed by atoms with E-state index in [-0.39, 0.29) is 0 Å². The molecule has 0 aliphatic heterocycles. The first-order valence-corrected chi connectivity index (χ1v) is 19.1. The van der Waals surface area contributed by atoms with Gasteiger partial charge in [-0.3, -0.25) is 19.9 Å². The van der Waals surface area contributed by atoms with Crippen molar-refractivity contribution >= 4 is 28.2 Å². The Morgan fingerprint density at radius 2 is 0.842 bits per heavy atom. The SMILES string of the molecule is Cc1ccc(C2=CC=C(c3ccc(N(c4cccnc4)c4cccc(-c5cccnc5)c4)cc3)C2)cc1.Cc1cccc(-c2cccnc2)c1.Cc1cccnc1. The van der Waals surface area contributed by atoms with Crippen LogP contribution in [0, 0.1) is 20.8 Å². The fraction of sp³-hybridized carbons (Fsp3) is 0.0769. The number of allylic oxidation sites excluding steroid dienone is 4. The molecule has 4 aromatic heterocycles. The van der Waals surface area contributed by atoms with Crippen LogP contribution in [0.2, 0.25) is 0 Å². The Hall–Kier alpha value is -7.24. The molecule has 0 radical (unpaired) electrons. The van der Waals surface area contributed by atoms with Crippen LogP contribution in [0.4, 0.5) is 17.1 Å². The van der Waals surface area contributed by atoms with Crippen LogP contribution in [-0.4, -0.2) is 19.9 Å². The van der Waals surface area contributed by atoms with Crippen molar-refractivity contribution in [3.05, 3.63) is 235 Å². The highest BCUT2D eigenvalue weighted by molar-refractivity contribution is 5.87. The lowest BCUT2D eigenvalue weighted by Gasteiger charge is -2.26. The summed E-state index contributed by atoms with van der Waals surface area (Å²) in [5.74, 6) is 0. The molecule has 5 nitrogen and oxygen atoms in total. The number of aromatic nitrogens is 4. The fourth-order valence-electron chi connectivity index (χ4n) is 6.61. The van der Waals surface area contributed by atoms with Crippen LogP contribution < -0.4 is 4.90 Å². The molecule has 4 heterocycles. The van der Waals surface area contributed by atoms with Crippen LogP contribution in [0.3, 0.4) is 0 Å². The van der Waals surface area contributed by atoms with Crippen LogP contribution in [0.15, 0.2) is 207 Å². The standard InChI is InChI=1S/C34H27N3.C12H11N.C6H7N/c1-25-9-11-26(12-10-25)29-13-14-30(21-29)27-15-17-32(18-16-27)37(34-8-4-20-36-24-34)33-7-2-5-28(22-33)31-6-3-19-35-23-31;1-10-4-2-5-11(8-10)12-6-3-7-13-9-12;1-6-3-2-4-7-5-6/h2-20,22-24H,21H2,1H3;2-9H,1H3;2-5H,1H3. The molecule has 0 saturated carbocycles. The van der Waals surface area contributed by atoms with E-state index in [9.17, 15) is 0 Å². The molecule has 57 heavy (non-hydrogen) atoms. The highest BCUT2D eigenvalue weighted by atomic mass is 15.1. The molecular formula is C52H45N5. The summed E-state index contributed by atoms with van der Waals surface area (Å²) >= 11 is 0. The Kier molecular flexibility index (Phi) is 12.6. The lowest BCUT2D eigenvalue weighted by atomic mass is 9.98. The predicted molar refractivity (Wildman–Crippen MR) is 237 cm³/mol. The van der Waals surface area contributed by atoms with Gasteiger partial charge in [-0.1, -0.05) is 114 Å². The quantitative estimate of drug-likeness (QED) is 0.163. The molecular weight excluding hydrogens is 695 g/mol. The molecule has 1 aliphatic carbocycles. The number of anilines is 3. The van der Waals surface area contributed by atoms with E-state index < -0.39 is 0 Å². The van der Waals surface area contributed by atoms with Gasteiger partial charge in [-0.05, 0) is 126 Å². The predicted octanol–water partition coefficient (Wildman–Crippen LogP) is 13.2. The summed E-state index contributed by atoms with van der Waals surface area (Å²) in [4.78, 5) is 18.9. The molecule has 0 spiro atoms. The van der Waals surface area contributed by atoms with E-state index in [1.165, 1.54) is 50.1 Å². The molecule has 8 aromatic rings. The summed E-state index contributed by atoms with van der Waals surface area (Å²) in [6.07, 6.45) is 20.1. The number of pyridine rings is 4. The summed E-state index contributed by atoms with van der Waals surface area (Å²) in [5.41, 5.74) is 16.8. The summed E-state index contributed by atoms with van der Waals surface area (Å²) in [6, 6.07) is 50.7. The van der Waals surface area contributed by atoms with E-state index in [0.29, 0.717) is 0 Å². The van der Waals surface area contributed by atoms with Gasteiger partial charge in [0.2, 0.25) is 0 Å². The molecule has 0 unspecified atom stereocenters. The molecule has 4 aromatic carbocycles.